The monoisotopic (exact) mass is 793 g/mol. The van der Waals surface area contributed by atoms with E-state index in [-0.39, 0.29) is 35.4 Å². The van der Waals surface area contributed by atoms with Crippen LogP contribution in [-0.2, 0) is 30.0 Å². The van der Waals surface area contributed by atoms with Gasteiger partial charge in [-0.1, -0.05) is 78.8 Å². The Balaban J connectivity index is 1.62. The van der Waals surface area contributed by atoms with Crippen molar-refractivity contribution in [3.63, 3.8) is 0 Å². The maximum Gasteiger partial charge on any atom is 0.329 e. The number of aliphatic imine (C=N–C) groups is 1. The first-order chi connectivity index (χ1) is 27.0. The zero-order valence-corrected chi connectivity index (χ0v) is 35.4. The van der Waals surface area contributed by atoms with Crippen LogP contribution in [0.2, 0.25) is 0 Å². The molecule has 1 saturated heterocycles. The van der Waals surface area contributed by atoms with Crippen LogP contribution in [0.25, 0.3) is 0 Å². The van der Waals surface area contributed by atoms with Gasteiger partial charge < -0.3 is 14.2 Å². The van der Waals surface area contributed by atoms with E-state index in [1.807, 2.05) is 53.7 Å². The third kappa shape index (κ3) is 9.38. The zero-order valence-electron chi connectivity index (χ0n) is 35.4. The van der Waals surface area contributed by atoms with Crippen LogP contribution in [-0.4, -0.2) is 76.0 Å². The number of piperidine rings is 1. The number of fused-ring (bicyclic) bond motifs is 1. The second kappa shape index (κ2) is 16.7. The summed E-state index contributed by atoms with van der Waals surface area (Å²) in [6.45, 7) is 18.6. The van der Waals surface area contributed by atoms with E-state index in [4.69, 9.17) is 14.2 Å². The van der Waals surface area contributed by atoms with E-state index >= 15 is 4.79 Å². The van der Waals surface area contributed by atoms with Crippen LogP contribution < -0.4 is 9.47 Å². The van der Waals surface area contributed by atoms with E-state index < -0.39 is 76.4 Å². The molecule has 2 unspecified atom stereocenters. The van der Waals surface area contributed by atoms with Gasteiger partial charge in [0, 0.05) is 23.1 Å². The Morgan fingerprint density at radius 3 is 1.84 bits per heavy atom. The summed E-state index contributed by atoms with van der Waals surface area (Å²) >= 11 is 0. The van der Waals surface area contributed by atoms with Crippen molar-refractivity contribution in [2.45, 2.75) is 123 Å². The van der Waals surface area contributed by atoms with Crippen molar-refractivity contribution in [2.75, 3.05) is 7.11 Å². The second-order valence-electron chi connectivity index (χ2n) is 18.0. The zero-order chi connectivity index (χ0) is 42.9. The lowest BCUT2D eigenvalue weighted by Gasteiger charge is -2.40. The molecule has 3 aromatic carbocycles. The number of amides is 4. The molecule has 4 amide bonds. The molecule has 2 aliphatic heterocycles. The number of amidine groups is 1. The van der Waals surface area contributed by atoms with Crippen molar-refractivity contribution in [2.24, 2.45) is 10.9 Å². The van der Waals surface area contributed by atoms with Gasteiger partial charge in [-0.15, -0.1) is 0 Å². The topological polar surface area (TPSA) is 149 Å². The quantitative estimate of drug-likeness (QED) is 0.120. The largest absolute Gasteiger partial charge is 0.497 e. The van der Waals surface area contributed by atoms with Crippen LogP contribution in [0.3, 0.4) is 0 Å². The van der Waals surface area contributed by atoms with Crippen LogP contribution in [0.15, 0.2) is 71.7 Å². The lowest BCUT2D eigenvalue weighted by molar-refractivity contribution is -0.164. The third-order valence-corrected chi connectivity index (χ3v) is 10.1. The van der Waals surface area contributed by atoms with Crippen molar-refractivity contribution in [3.8, 4) is 11.5 Å². The Bertz CT molecular complexity index is 2070. The standard InChI is InChI=1S/C46H55N3O9/c1-27(24-36(50)57-38-32(44(2,3)4)25-29(56-11)26-33(38)45(5,6)7)37(49-40(52)30-20-15-16-21-31(30)41(49)53)42(54)48-34(43(55)58-46(8,9)10)22-17-23-35(48)47-39(51)28-18-13-12-14-19-28/h12-16,18-21,25-27,34,37H,17,22-24H2,1-11H3/t27-,34?,37?/m1/s1. The maximum absolute atomic E-state index is 15.4. The number of carbonyl (C=O) groups is 6. The fraction of sp³-hybridized carbons (Fsp3) is 0.457. The number of hydrogen-bond acceptors (Lipinski definition) is 9. The minimum absolute atomic E-state index is 0.0137. The van der Waals surface area contributed by atoms with Gasteiger partial charge in [0.05, 0.1) is 24.7 Å². The normalized spacial score (nSPS) is 17.8. The molecule has 0 aromatic heterocycles. The molecule has 0 saturated carbocycles. The molecular weight excluding hydrogens is 739 g/mol. The highest BCUT2D eigenvalue weighted by atomic mass is 16.6. The van der Waals surface area contributed by atoms with Crippen LogP contribution in [0.4, 0.5) is 0 Å². The predicted octanol–water partition coefficient (Wildman–Crippen LogP) is 7.85. The Morgan fingerprint density at radius 1 is 0.810 bits per heavy atom. The molecule has 0 bridgehead atoms. The van der Waals surface area contributed by atoms with Gasteiger partial charge in [0.2, 0.25) is 0 Å². The molecule has 0 aliphatic carbocycles. The Labute approximate surface area is 340 Å². The fourth-order valence-electron chi connectivity index (χ4n) is 7.31. The van der Waals surface area contributed by atoms with Gasteiger partial charge >= 0.3 is 11.9 Å². The van der Waals surface area contributed by atoms with Crippen LogP contribution in [0.5, 0.6) is 11.5 Å². The van der Waals surface area contributed by atoms with E-state index in [9.17, 15) is 24.0 Å². The van der Waals surface area contributed by atoms with E-state index in [2.05, 4.69) is 4.99 Å². The Morgan fingerprint density at radius 2 is 1.34 bits per heavy atom. The number of esters is 2. The molecule has 308 valence electrons. The smallest absolute Gasteiger partial charge is 0.329 e. The third-order valence-electron chi connectivity index (χ3n) is 10.1. The van der Waals surface area contributed by atoms with E-state index in [0.29, 0.717) is 17.9 Å². The number of carbonyl (C=O) groups excluding carboxylic acids is 6. The molecule has 0 N–H and O–H groups in total. The van der Waals surface area contributed by atoms with E-state index in [1.165, 1.54) is 12.1 Å². The summed E-state index contributed by atoms with van der Waals surface area (Å²) in [6.07, 6.45) is 0.274. The molecule has 3 atom stereocenters. The number of rotatable bonds is 9. The first kappa shape index (κ1) is 43.5. The summed E-state index contributed by atoms with van der Waals surface area (Å²) in [5, 5.41) is 0. The van der Waals surface area contributed by atoms with Crippen molar-refractivity contribution in [1.82, 2.24) is 9.80 Å². The summed E-state index contributed by atoms with van der Waals surface area (Å²) in [5.41, 5.74) is 0.0120. The minimum atomic E-state index is -1.62. The summed E-state index contributed by atoms with van der Waals surface area (Å²) in [7, 11) is 1.57. The molecule has 2 aliphatic rings. The van der Waals surface area contributed by atoms with Crippen molar-refractivity contribution in [3.05, 3.63) is 94.5 Å². The van der Waals surface area contributed by atoms with Crippen molar-refractivity contribution in [1.29, 1.82) is 0 Å². The first-order valence-electron chi connectivity index (χ1n) is 19.7. The first-order valence-corrected chi connectivity index (χ1v) is 19.7. The number of hydrogen-bond donors (Lipinski definition) is 0. The molecule has 1 fully saturated rings. The van der Waals surface area contributed by atoms with Crippen LogP contribution >= 0.6 is 0 Å². The number of benzene rings is 3. The number of likely N-dealkylation sites (tertiary alicyclic amines) is 1. The average molecular weight is 794 g/mol. The van der Waals surface area contributed by atoms with Crippen LogP contribution in [0, 0.1) is 5.92 Å². The molecule has 2 heterocycles. The SMILES string of the molecule is COc1cc(C(C)(C)C)c(OC(=O)C[C@@H](C)C(C(=O)N2C(=NC(=O)c3ccccc3)CCCC2C(=O)OC(C)(C)C)N2C(=O)c3ccccc3C2=O)c(C(C)(C)C)c1. The second-order valence-corrected chi connectivity index (χ2v) is 18.0. The molecule has 0 radical (unpaired) electrons. The maximum atomic E-state index is 15.4. The minimum Gasteiger partial charge on any atom is -0.497 e. The van der Waals surface area contributed by atoms with Gasteiger partial charge in [-0.3, -0.25) is 33.8 Å². The number of methoxy groups -OCH3 is 1. The number of nitrogens with zero attached hydrogens (tertiary/aromatic N) is 3. The molecule has 5 rings (SSSR count). The lowest BCUT2D eigenvalue weighted by Crippen LogP contribution is -2.61. The molecule has 12 heteroatoms. The fourth-order valence-corrected chi connectivity index (χ4v) is 7.31. The molecule has 3 aromatic rings. The highest BCUT2D eigenvalue weighted by molar-refractivity contribution is 6.23. The van der Waals surface area contributed by atoms with E-state index in [1.54, 1.807) is 77.3 Å². The highest BCUT2D eigenvalue weighted by Crippen LogP contribution is 2.43. The Hall–Kier alpha value is -5.65. The van der Waals surface area contributed by atoms with Gasteiger partial charge in [-0.05, 0) is 86.8 Å². The predicted molar refractivity (Wildman–Crippen MR) is 219 cm³/mol. The highest BCUT2D eigenvalue weighted by Gasteiger charge is 2.50. The lowest BCUT2D eigenvalue weighted by atomic mass is 9.79. The molecule has 12 nitrogen and oxygen atoms in total. The van der Waals surface area contributed by atoms with Crippen molar-refractivity contribution >= 4 is 41.4 Å². The van der Waals surface area contributed by atoms with Gasteiger partial charge in [0.1, 0.15) is 35.0 Å². The summed E-state index contributed by atoms with van der Waals surface area (Å²) in [6, 6.07) is 15.3. The average Bonchev–Trinajstić information content (AvgIpc) is 3.38. The van der Waals surface area contributed by atoms with Gasteiger partial charge in [-0.25, -0.2) is 4.79 Å². The van der Waals surface area contributed by atoms with Gasteiger partial charge in [0.25, 0.3) is 23.6 Å². The van der Waals surface area contributed by atoms with Gasteiger partial charge in [0.15, 0.2) is 0 Å². The summed E-state index contributed by atoms with van der Waals surface area (Å²) < 4.78 is 17.6. The number of imide groups is 1. The van der Waals surface area contributed by atoms with Crippen LogP contribution in [0.1, 0.15) is 137 Å². The number of ether oxygens (including phenoxy) is 3. The van der Waals surface area contributed by atoms with Crippen molar-refractivity contribution < 1.29 is 43.0 Å². The molecular formula is C46H55N3O9. The van der Waals surface area contributed by atoms with E-state index in [0.717, 1.165) is 20.9 Å². The van der Waals surface area contributed by atoms with Gasteiger partial charge in [-0.2, -0.15) is 4.99 Å². The molecule has 58 heavy (non-hydrogen) atoms. The summed E-state index contributed by atoms with van der Waals surface area (Å²) in [4.78, 5) is 91.7. The summed E-state index contributed by atoms with van der Waals surface area (Å²) in [5.74, 6) is -4.52. The Kier molecular flexibility index (Phi) is 12.5. The molecule has 0 spiro atoms.